The zero-order chi connectivity index (χ0) is 22.0. The molecule has 0 spiro atoms. The Morgan fingerprint density at radius 2 is 1.66 bits per heavy atom. The zero-order valence-corrected chi connectivity index (χ0v) is 18.1. The Labute approximate surface area is 186 Å². The van der Waals surface area contributed by atoms with Gasteiger partial charge >= 0.3 is 6.16 Å². The molecule has 2 bridgehead atoms. The largest absolute Gasteiger partial charge is 0.519 e. The number of aryl methyl sites for hydroxylation is 1. The highest BCUT2D eigenvalue weighted by atomic mass is 16.7. The molecule has 2 aliphatic rings. The van der Waals surface area contributed by atoms with E-state index in [1.807, 2.05) is 61.5 Å². The van der Waals surface area contributed by atoms with Crippen molar-refractivity contribution in [2.24, 2.45) is 5.92 Å². The molecule has 0 amide bonds. The Hall–Kier alpha value is -3.53. The third-order valence-electron chi connectivity index (χ3n) is 7.33. The summed E-state index contributed by atoms with van der Waals surface area (Å²) in [6.07, 6.45) is 1.28. The van der Waals surface area contributed by atoms with E-state index in [1.165, 1.54) is 0 Å². The van der Waals surface area contributed by atoms with Gasteiger partial charge in [-0.15, -0.1) is 0 Å². The van der Waals surface area contributed by atoms with E-state index in [1.54, 1.807) is 6.07 Å². The third-order valence-corrected chi connectivity index (χ3v) is 7.33. The fourth-order valence-corrected chi connectivity index (χ4v) is 5.95. The first kappa shape index (κ1) is 19.2. The number of hydrogen-bond donors (Lipinski definition) is 1. The van der Waals surface area contributed by atoms with Crippen molar-refractivity contribution >= 4 is 27.7 Å². The Morgan fingerprint density at radius 1 is 0.906 bits per heavy atom. The molecular weight excluding hydrogens is 400 g/mol. The molecule has 0 aromatic heterocycles. The van der Waals surface area contributed by atoms with Gasteiger partial charge in [0.05, 0.1) is 0 Å². The highest BCUT2D eigenvalue weighted by molar-refractivity contribution is 6.00. The SMILES string of the molecule is Cc1cccc2c(O)c3c(c(OC(=O)Oc4cccc5ccccc45)c12)C1CC(C)C3C1. The van der Waals surface area contributed by atoms with Gasteiger partial charge in [-0.3, -0.25) is 0 Å². The van der Waals surface area contributed by atoms with Crippen molar-refractivity contribution in [3.8, 4) is 17.2 Å². The molecule has 160 valence electrons. The highest BCUT2D eigenvalue weighted by Crippen LogP contribution is 2.63. The average Bonchev–Trinajstić information content (AvgIpc) is 3.34. The molecule has 1 N–H and O–H groups in total. The summed E-state index contributed by atoms with van der Waals surface area (Å²) < 4.78 is 11.7. The third kappa shape index (κ3) is 2.72. The van der Waals surface area contributed by atoms with Gasteiger partial charge in [0, 0.05) is 27.3 Å². The van der Waals surface area contributed by atoms with Crippen LogP contribution >= 0.6 is 0 Å². The van der Waals surface area contributed by atoms with Crippen LogP contribution in [-0.2, 0) is 0 Å². The summed E-state index contributed by atoms with van der Waals surface area (Å²) in [6.45, 7) is 4.22. The number of carbonyl (C=O) groups is 1. The summed E-state index contributed by atoms with van der Waals surface area (Å²) >= 11 is 0. The maximum atomic E-state index is 13.0. The number of ether oxygens (including phenoxy) is 2. The van der Waals surface area contributed by atoms with Gasteiger partial charge in [-0.1, -0.05) is 61.5 Å². The molecule has 4 aromatic rings. The van der Waals surface area contributed by atoms with E-state index in [-0.39, 0.29) is 0 Å². The van der Waals surface area contributed by atoms with Crippen molar-refractivity contribution in [1.29, 1.82) is 0 Å². The van der Waals surface area contributed by atoms with Crippen LogP contribution in [0.4, 0.5) is 4.79 Å². The van der Waals surface area contributed by atoms with Crippen LogP contribution in [0.25, 0.3) is 21.5 Å². The topological polar surface area (TPSA) is 55.8 Å². The predicted octanol–water partition coefficient (Wildman–Crippen LogP) is 7.20. The van der Waals surface area contributed by atoms with E-state index >= 15 is 0 Å². The summed E-state index contributed by atoms with van der Waals surface area (Å²) in [6, 6.07) is 19.2. The minimum atomic E-state index is -0.755. The van der Waals surface area contributed by atoms with E-state index in [4.69, 9.17) is 9.47 Å². The molecule has 4 aromatic carbocycles. The molecule has 0 heterocycles. The number of carbonyl (C=O) groups excluding carboxylic acids is 1. The van der Waals surface area contributed by atoms with E-state index in [2.05, 4.69) is 6.92 Å². The van der Waals surface area contributed by atoms with Gasteiger partial charge in [0.25, 0.3) is 0 Å². The number of aromatic hydroxyl groups is 1. The van der Waals surface area contributed by atoms with Crippen LogP contribution in [0.1, 0.15) is 48.3 Å². The minimum Gasteiger partial charge on any atom is -0.507 e. The van der Waals surface area contributed by atoms with Crippen LogP contribution in [0.15, 0.2) is 60.7 Å². The second kappa shape index (κ2) is 6.99. The number of hydrogen-bond acceptors (Lipinski definition) is 4. The lowest BCUT2D eigenvalue weighted by Crippen LogP contribution is -2.17. The summed E-state index contributed by atoms with van der Waals surface area (Å²) in [5.41, 5.74) is 2.91. The molecule has 0 aliphatic heterocycles. The van der Waals surface area contributed by atoms with Crippen LogP contribution in [-0.4, -0.2) is 11.3 Å². The maximum Gasteiger partial charge on any atom is 0.519 e. The Balaban J connectivity index is 1.46. The molecule has 4 nitrogen and oxygen atoms in total. The first-order chi connectivity index (χ1) is 15.5. The second-order valence-electron chi connectivity index (χ2n) is 9.19. The maximum absolute atomic E-state index is 13.0. The second-order valence-corrected chi connectivity index (χ2v) is 9.19. The quantitative estimate of drug-likeness (QED) is 0.273. The molecule has 1 fully saturated rings. The Kier molecular flexibility index (Phi) is 4.19. The van der Waals surface area contributed by atoms with Crippen molar-refractivity contribution in [2.75, 3.05) is 0 Å². The molecule has 1 saturated carbocycles. The Morgan fingerprint density at radius 3 is 2.53 bits per heavy atom. The van der Waals surface area contributed by atoms with Gasteiger partial charge in [0.15, 0.2) is 0 Å². The van der Waals surface area contributed by atoms with Crippen LogP contribution < -0.4 is 9.47 Å². The van der Waals surface area contributed by atoms with Gasteiger partial charge in [-0.05, 0) is 54.5 Å². The molecule has 32 heavy (non-hydrogen) atoms. The minimum absolute atomic E-state index is 0.292. The molecule has 6 rings (SSSR count). The monoisotopic (exact) mass is 424 g/mol. The van der Waals surface area contributed by atoms with Gasteiger partial charge in [0.1, 0.15) is 17.2 Å². The summed E-state index contributed by atoms with van der Waals surface area (Å²) in [5.74, 6) is 2.47. The number of benzene rings is 4. The summed E-state index contributed by atoms with van der Waals surface area (Å²) in [5, 5.41) is 14.6. The van der Waals surface area contributed by atoms with Crippen LogP contribution in [0.2, 0.25) is 0 Å². The molecule has 3 unspecified atom stereocenters. The van der Waals surface area contributed by atoms with Crippen molar-refractivity contribution in [2.45, 2.75) is 38.5 Å². The van der Waals surface area contributed by atoms with Crippen molar-refractivity contribution in [3.63, 3.8) is 0 Å². The first-order valence-corrected chi connectivity index (χ1v) is 11.2. The van der Waals surface area contributed by atoms with Gasteiger partial charge in [-0.2, -0.15) is 0 Å². The number of phenols is 1. The molecule has 0 saturated heterocycles. The molecule has 4 heteroatoms. The number of rotatable bonds is 2. The molecule has 2 aliphatic carbocycles. The van der Waals surface area contributed by atoms with Crippen molar-refractivity contribution < 1.29 is 19.4 Å². The van der Waals surface area contributed by atoms with Crippen LogP contribution in [0.3, 0.4) is 0 Å². The van der Waals surface area contributed by atoms with Crippen molar-refractivity contribution in [1.82, 2.24) is 0 Å². The average molecular weight is 424 g/mol. The molecular formula is C28H24O4. The van der Waals surface area contributed by atoms with Gasteiger partial charge < -0.3 is 14.6 Å². The fraction of sp³-hybridized carbons (Fsp3) is 0.250. The molecule has 0 radical (unpaired) electrons. The van der Waals surface area contributed by atoms with E-state index < -0.39 is 6.16 Å². The highest BCUT2D eigenvalue weighted by Gasteiger charge is 2.46. The van der Waals surface area contributed by atoms with Gasteiger partial charge in [0.2, 0.25) is 0 Å². The zero-order valence-electron chi connectivity index (χ0n) is 18.1. The lowest BCUT2D eigenvalue weighted by molar-refractivity contribution is 0.152. The molecule has 3 atom stereocenters. The summed E-state index contributed by atoms with van der Waals surface area (Å²) in [7, 11) is 0. The number of phenolic OH excluding ortho intramolecular Hbond substituents is 1. The first-order valence-electron chi connectivity index (χ1n) is 11.2. The predicted molar refractivity (Wildman–Crippen MR) is 125 cm³/mol. The van der Waals surface area contributed by atoms with Crippen molar-refractivity contribution in [3.05, 3.63) is 77.4 Å². The van der Waals surface area contributed by atoms with E-state index in [9.17, 15) is 9.90 Å². The smallest absolute Gasteiger partial charge is 0.507 e. The fourth-order valence-electron chi connectivity index (χ4n) is 5.95. The van der Waals surface area contributed by atoms with Crippen LogP contribution in [0, 0.1) is 12.8 Å². The summed E-state index contributed by atoms with van der Waals surface area (Å²) in [4.78, 5) is 13.0. The Bertz CT molecular complexity index is 1400. The van der Waals surface area contributed by atoms with E-state index in [0.717, 1.165) is 51.1 Å². The number of fused-ring (bicyclic) bond motifs is 7. The van der Waals surface area contributed by atoms with E-state index in [0.29, 0.717) is 35.0 Å². The lowest BCUT2D eigenvalue weighted by Gasteiger charge is -2.26. The normalized spacial score (nSPS) is 21.1. The standard InChI is InChI=1S/C28H24O4/c1-15-7-5-11-20-23(15)27(24-18-13-16(2)21(14-18)25(24)26(20)29)32-28(30)31-22-12-6-9-17-8-3-4-10-19(17)22/h3-12,16,18,21,29H,13-14H2,1-2H3. The van der Waals surface area contributed by atoms with Gasteiger partial charge in [-0.25, -0.2) is 4.79 Å². The van der Waals surface area contributed by atoms with Crippen LogP contribution in [0.5, 0.6) is 17.2 Å². The lowest BCUT2D eigenvalue weighted by atomic mass is 9.81.